The molecule has 0 aromatic rings. The van der Waals surface area contributed by atoms with Crippen LogP contribution in [-0.4, -0.2) is 28.7 Å². The van der Waals surface area contributed by atoms with E-state index in [2.05, 4.69) is 35.0 Å². The van der Waals surface area contributed by atoms with Gasteiger partial charge in [0.1, 0.15) is 6.29 Å². The van der Waals surface area contributed by atoms with Crippen LogP contribution in [0.1, 0.15) is 32.6 Å². The Bertz CT molecular complexity index is 245. The lowest BCUT2D eigenvalue weighted by atomic mass is 10.1. The van der Waals surface area contributed by atoms with Gasteiger partial charge in [-0.05, 0) is 19.3 Å². The summed E-state index contributed by atoms with van der Waals surface area (Å²) in [5.41, 5.74) is 0. The van der Waals surface area contributed by atoms with Gasteiger partial charge in [-0.1, -0.05) is 35.0 Å². The number of hydrogen-bond donors (Lipinski definition) is 0. The molecule has 0 saturated heterocycles. The number of carbonyl (C=O) groups is 1. The fourth-order valence-corrected chi connectivity index (χ4v) is 2.78. The fraction of sp³-hybridized carbons (Fsp3) is 0.750. The Hall–Kier alpha value is 0.140. The first-order valence-electron chi connectivity index (χ1n) is 5.71. The first-order valence-corrected chi connectivity index (χ1v) is 7.06. The van der Waals surface area contributed by atoms with Gasteiger partial charge in [-0.3, -0.25) is 0 Å². The molecule has 0 spiro atoms. The maximum absolute atomic E-state index is 10.6. The van der Waals surface area contributed by atoms with Gasteiger partial charge in [0, 0.05) is 11.2 Å². The normalized spacial score (nSPS) is 38.2. The topological polar surface area (TPSA) is 26.3 Å². The Balaban J connectivity index is 2.73. The summed E-state index contributed by atoms with van der Waals surface area (Å²) in [6.45, 7) is 2.09. The van der Waals surface area contributed by atoms with E-state index in [0.717, 1.165) is 25.5 Å². The van der Waals surface area contributed by atoms with Crippen molar-refractivity contribution in [2.24, 2.45) is 0 Å². The second-order valence-corrected chi connectivity index (χ2v) is 5.74. The van der Waals surface area contributed by atoms with Crippen LogP contribution in [0.5, 0.6) is 0 Å². The number of halogens is 2. The molecule has 4 heteroatoms. The Morgan fingerprint density at radius 3 is 2.75 bits per heavy atom. The second kappa shape index (κ2) is 7.46. The SMILES string of the molecule is CC[C@H]1O[C@@H](CC=O)[C@@H](Cl)C/C=C\C[C@H]1Br. The minimum Gasteiger partial charge on any atom is -0.372 e. The first-order chi connectivity index (χ1) is 7.69. The molecule has 16 heavy (non-hydrogen) atoms. The average molecular weight is 310 g/mol. The predicted octanol–water partition coefficient (Wildman–Crippen LogP) is 3.46. The van der Waals surface area contributed by atoms with Crippen LogP contribution in [0.25, 0.3) is 0 Å². The molecule has 1 aliphatic rings. The molecule has 1 rings (SSSR count). The van der Waals surface area contributed by atoms with Crippen molar-refractivity contribution in [2.45, 2.75) is 55.0 Å². The van der Waals surface area contributed by atoms with Crippen LogP contribution in [0.2, 0.25) is 0 Å². The summed E-state index contributed by atoms with van der Waals surface area (Å²) in [4.78, 5) is 10.9. The molecular formula is C12H18BrClO2. The van der Waals surface area contributed by atoms with E-state index in [0.29, 0.717) is 11.2 Å². The highest BCUT2D eigenvalue weighted by Crippen LogP contribution is 2.25. The van der Waals surface area contributed by atoms with Crippen molar-refractivity contribution >= 4 is 33.8 Å². The molecule has 2 nitrogen and oxygen atoms in total. The van der Waals surface area contributed by atoms with Crippen LogP contribution in [0.15, 0.2) is 12.2 Å². The van der Waals surface area contributed by atoms with E-state index in [-0.39, 0.29) is 17.6 Å². The Kier molecular flexibility index (Phi) is 6.62. The summed E-state index contributed by atoms with van der Waals surface area (Å²) in [5, 5.41) is -0.117. The van der Waals surface area contributed by atoms with Gasteiger partial charge < -0.3 is 9.53 Å². The quantitative estimate of drug-likeness (QED) is 0.453. The lowest BCUT2D eigenvalue weighted by Crippen LogP contribution is -2.33. The van der Waals surface area contributed by atoms with E-state index in [4.69, 9.17) is 16.3 Å². The molecule has 0 unspecified atom stereocenters. The number of allylic oxidation sites excluding steroid dienone is 2. The molecule has 0 bridgehead atoms. The zero-order valence-electron chi connectivity index (χ0n) is 9.44. The van der Waals surface area contributed by atoms with Gasteiger partial charge in [-0.2, -0.15) is 0 Å². The number of alkyl halides is 2. The molecule has 92 valence electrons. The lowest BCUT2D eigenvalue weighted by Gasteiger charge is -2.27. The summed E-state index contributed by atoms with van der Waals surface area (Å²) < 4.78 is 5.94. The highest BCUT2D eigenvalue weighted by Gasteiger charge is 2.26. The largest absolute Gasteiger partial charge is 0.372 e. The van der Waals surface area contributed by atoms with Crippen molar-refractivity contribution in [1.29, 1.82) is 0 Å². The van der Waals surface area contributed by atoms with Crippen LogP contribution in [0, 0.1) is 0 Å². The standard InChI is InChI=1S/C12H18BrClO2/c1-2-11-9(13)5-3-4-6-10(14)12(16-11)7-8-15/h3-4,8-12H,2,5-7H2,1H3/b4-3-/t9-,10+,11-,12+/m1/s1. The van der Waals surface area contributed by atoms with Gasteiger partial charge >= 0.3 is 0 Å². The third-order valence-electron chi connectivity index (χ3n) is 2.78. The highest BCUT2D eigenvalue weighted by atomic mass is 79.9. The third-order valence-corrected chi connectivity index (χ3v) is 4.20. The highest BCUT2D eigenvalue weighted by molar-refractivity contribution is 9.09. The number of rotatable bonds is 3. The lowest BCUT2D eigenvalue weighted by molar-refractivity contribution is -0.111. The molecule has 4 atom stereocenters. The average Bonchev–Trinajstić information content (AvgIpc) is 2.34. The van der Waals surface area contributed by atoms with E-state index in [9.17, 15) is 4.79 Å². The van der Waals surface area contributed by atoms with Crippen LogP contribution < -0.4 is 0 Å². The number of hydrogen-bond acceptors (Lipinski definition) is 2. The second-order valence-electron chi connectivity index (χ2n) is 4.00. The first kappa shape index (κ1) is 14.2. The van der Waals surface area contributed by atoms with Gasteiger partial charge in [0.2, 0.25) is 0 Å². The van der Waals surface area contributed by atoms with E-state index in [1.807, 2.05) is 0 Å². The van der Waals surface area contributed by atoms with Crippen LogP contribution in [0.3, 0.4) is 0 Å². The summed E-state index contributed by atoms with van der Waals surface area (Å²) in [7, 11) is 0. The van der Waals surface area contributed by atoms with Gasteiger partial charge in [0.25, 0.3) is 0 Å². The Morgan fingerprint density at radius 1 is 1.44 bits per heavy atom. The Labute approximate surface area is 111 Å². The molecule has 0 aliphatic carbocycles. The van der Waals surface area contributed by atoms with Crippen molar-refractivity contribution in [3.8, 4) is 0 Å². The molecule has 0 saturated carbocycles. The van der Waals surface area contributed by atoms with Crippen molar-refractivity contribution in [3.63, 3.8) is 0 Å². The summed E-state index contributed by atoms with van der Waals surface area (Å²) in [5.74, 6) is 0. The maximum Gasteiger partial charge on any atom is 0.122 e. The molecular weight excluding hydrogens is 291 g/mol. The number of ether oxygens (including phenoxy) is 1. The van der Waals surface area contributed by atoms with Crippen LogP contribution in [-0.2, 0) is 9.53 Å². The molecule has 1 heterocycles. The van der Waals surface area contributed by atoms with E-state index in [1.165, 1.54) is 0 Å². The Morgan fingerprint density at radius 2 is 2.12 bits per heavy atom. The third kappa shape index (κ3) is 4.19. The summed E-state index contributed by atoms with van der Waals surface area (Å²) in [6, 6.07) is 0. The van der Waals surface area contributed by atoms with Crippen molar-refractivity contribution in [1.82, 2.24) is 0 Å². The minimum absolute atomic E-state index is 0.117. The van der Waals surface area contributed by atoms with E-state index < -0.39 is 0 Å². The molecule has 0 aromatic carbocycles. The molecule has 0 aromatic heterocycles. The minimum atomic E-state index is -0.174. The van der Waals surface area contributed by atoms with Gasteiger partial charge in [-0.25, -0.2) is 0 Å². The zero-order valence-corrected chi connectivity index (χ0v) is 11.8. The van der Waals surface area contributed by atoms with Crippen molar-refractivity contribution in [2.75, 3.05) is 0 Å². The molecule has 0 amide bonds. The molecule has 0 fully saturated rings. The smallest absolute Gasteiger partial charge is 0.122 e. The van der Waals surface area contributed by atoms with Crippen molar-refractivity contribution in [3.05, 3.63) is 12.2 Å². The van der Waals surface area contributed by atoms with Gasteiger partial charge in [-0.15, -0.1) is 11.6 Å². The zero-order chi connectivity index (χ0) is 12.0. The van der Waals surface area contributed by atoms with Crippen LogP contribution in [0.4, 0.5) is 0 Å². The monoisotopic (exact) mass is 308 g/mol. The predicted molar refractivity (Wildman–Crippen MR) is 70.4 cm³/mol. The fourth-order valence-electron chi connectivity index (χ4n) is 1.80. The number of aldehydes is 1. The number of carbonyl (C=O) groups excluding carboxylic acids is 1. The summed E-state index contributed by atoms with van der Waals surface area (Å²) in [6.07, 6.45) is 8.03. The molecule has 1 aliphatic heterocycles. The maximum atomic E-state index is 10.6. The van der Waals surface area contributed by atoms with Gasteiger partial charge in [0.15, 0.2) is 0 Å². The van der Waals surface area contributed by atoms with Crippen molar-refractivity contribution < 1.29 is 9.53 Å². The summed E-state index contributed by atoms with van der Waals surface area (Å²) >= 11 is 9.86. The van der Waals surface area contributed by atoms with Gasteiger partial charge in [0.05, 0.1) is 17.6 Å². The van der Waals surface area contributed by atoms with E-state index in [1.54, 1.807) is 0 Å². The molecule has 0 radical (unpaired) electrons. The molecule has 0 N–H and O–H groups in total. The van der Waals surface area contributed by atoms with E-state index >= 15 is 0 Å². The van der Waals surface area contributed by atoms with Crippen LogP contribution >= 0.6 is 27.5 Å².